The molecule has 0 aliphatic heterocycles. The average molecular weight is 226 g/mol. The number of H-pyrrole nitrogens is 1. The Morgan fingerprint density at radius 1 is 1.12 bits per heavy atom. The van der Waals surface area contributed by atoms with Crippen LogP contribution in [-0.2, 0) is 0 Å². The van der Waals surface area contributed by atoms with Crippen LogP contribution in [-0.4, -0.2) is 17.2 Å². The highest BCUT2D eigenvalue weighted by molar-refractivity contribution is 5.32. The van der Waals surface area contributed by atoms with Gasteiger partial charge in [0.1, 0.15) is 0 Å². The van der Waals surface area contributed by atoms with Crippen molar-refractivity contribution in [3.8, 4) is 0 Å². The minimum atomic E-state index is -0.229. The highest BCUT2D eigenvalue weighted by atomic mass is 16.2. The van der Waals surface area contributed by atoms with Gasteiger partial charge in [-0.3, -0.25) is 4.79 Å². The fourth-order valence-corrected chi connectivity index (χ4v) is 1.50. The topological polar surface area (TPSA) is 79.1 Å². The number of hydrogen-bond acceptors (Lipinski definition) is 3. The molecule has 0 amide bonds. The second-order valence-electron chi connectivity index (χ2n) is 3.58. The van der Waals surface area contributed by atoms with Gasteiger partial charge in [0.2, 0.25) is 0 Å². The molecule has 0 aromatic carbocycles. The number of pyridine rings is 1. The van der Waals surface area contributed by atoms with E-state index in [4.69, 9.17) is 10.8 Å². The largest absolute Gasteiger partial charge is 0.400 e. The maximum Gasteiger partial charge on any atom is 0.271 e. The third-order valence-corrected chi connectivity index (χ3v) is 2.35. The van der Waals surface area contributed by atoms with Gasteiger partial charge < -0.3 is 15.8 Å². The van der Waals surface area contributed by atoms with Crippen molar-refractivity contribution in [2.24, 2.45) is 0 Å². The summed E-state index contributed by atoms with van der Waals surface area (Å²) in [5.41, 5.74) is 5.20. The molecule has 0 saturated heterocycles. The van der Waals surface area contributed by atoms with Crippen molar-refractivity contribution in [1.29, 1.82) is 0 Å². The normalized spacial score (nSPS) is 13.9. The van der Waals surface area contributed by atoms with Crippen LogP contribution >= 0.6 is 0 Å². The fraction of sp³-hybridized carbons (Fsp3) is 0.583. The van der Waals surface area contributed by atoms with Gasteiger partial charge in [0.25, 0.3) is 5.56 Å². The first kappa shape index (κ1) is 14.7. The molecular formula is C12H22N2O2. The molecule has 4 N–H and O–H groups in total. The predicted molar refractivity (Wildman–Crippen MR) is 67.3 cm³/mol. The lowest BCUT2D eigenvalue weighted by Crippen LogP contribution is -2.08. The van der Waals surface area contributed by atoms with Crippen LogP contribution in [0.4, 0.5) is 5.69 Å². The number of nitrogens with one attached hydrogen (secondary N) is 1. The van der Waals surface area contributed by atoms with Crippen LogP contribution < -0.4 is 11.3 Å². The lowest BCUT2D eigenvalue weighted by atomic mass is 10.0. The summed E-state index contributed by atoms with van der Waals surface area (Å²) in [7, 11) is 1.00. The number of hydrogen-bond donors (Lipinski definition) is 3. The number of aliphatic hydroxyl groups is 1. The number of rotatable bonds is 0. The van der Waals surface area contributed by atoms with Crippen LogP contribution in [0.15, 0.2) is 23.1 Å². The van der Waals surface area contributed by atoms with E-state index in [1.807, 2.05) is 0 Å². The van der Waals surface area contributed by atoms with E-state index in [0.717, 1.165) is 7.11 Å². The van der Waals surface area contributed by atoms with Crippen molar-refractivity contribution in [2.75, 3.05) is 12.8 Å². The lowest BCUT2D eigenvalue weighted by molar-refractivity contribution is 0.399. The van der Waals surface area contributed by atoms with Gasteiger partial charge in [-0.1, -0.05) is 38.5 Å². The van der Waals surface area contributed by atoms with Crippen LogP contribution in [0.5, 0.6) is 0 Å². The van der Waals surface area contributed by atoms with Gasteiger partial charge in [0.15, 0.2) is 0 Å². The Bertz CT molecular complexity index is 294. The quantitative estimate of drug-likeness (QED) is 0.632. The Morgan fingerprint density at radius 2 is 1.56 bits per heavy atom. The van der Waals surface area contributed by atoms with E-state index in [1.54, 1.807) is 18.3 Å². The Labute approximate surface area is 96.5 Å². The minimum Gasteiger partial charge on any atom is -0.400 e. The van der Waals surface area contributed by atoms with Gasteiger partial charge in [-0.15, -0.1) is 0 Å². The SMILES string of the molecule is C1CCCCC1.CO.Nc1ccc[nH]c1=O. The summed E-state index contributed by atoms with van der Waals surface area (Å²) in [6, 6.07) is 3.23. The molecule has 1 aromatic rings. The molecule has 1 fully saturated rings. The Morgan fingerprint density at radius 3 is 1.81 bits per heavy atom. The third-order valence-electron chi connectivity index (χ3n) is 2.35. The summed E-state index contributed by atoms with van der Waals surface area (Å²) in [6.45, 7) is 0. The molecule has 0 unspecified atom stereocenters. The zero-order chi connectivity index (χ0) is 12.2. The van der Waals surface area contributed by atoms with Gasteiger partial charge in [-0.25, -0.2) is 0 Å². The number of anilines is 1. The number of nitrogens with two attached hydrogens (primary N) is 1. The summed E-state index contributed by atoms with van der Waals surface area (Å²) in [4.78, 5) is 12.9. The summed E-state index contributed by atoms with van der Waals surface area (Å²) in [6.07, 6.45) is 10.5. The van der Waals surface area contributed by atoms with E-state index in [2.05, 4.69) is 4.98 Å². The minimum absolute atomic E-state index is 0.229. The van der Waals surface area contributed by atoms with Crippen molar-refractivity contribution in [3.05, 3.63) is 28.7 Å². The maximum atomic E-state index is 10.4. The van der Waals surface area contributed by atoms with Crippen LogP contribution in [0.1, 0.15) is 38.5 Å². The molecule has 1 heterocycles. The van der Waals surface area contributed by atoms with Crippen LogP contribution in [0.3, 0.4) is 0 Å². The highest BCUT2D eigenvalue weighted by Gasteiger charge is 1.95. The van der Waals surface area contributed by atoms with E-state index in [-0.39, 0.29) is 11.2 Å². The smallest absolute Gasteiger partial charge is 0.271 e. The predicted octanol–water partition coefficient (Wildman–Crippen LogP) is 1.91. The highest BCUT2D eigenvalue weighted by Crippen LogP contribution is 2.15. The number of nitrogen functional groups attached to an aromatic ring is 1. The van der Waals surface area contributed by atoms with Gasteiger partial charge >= 0.3 is 0 Å². The van der Waals surface area contributed by atoms with Crippen molar-refractivity contribution in [1.82, 2.24) is 4.98 Å². The summed E-state index contributed by atoms with van der Waals surface area (Å²) >= 11 is 0. The standard InChI is InChI=1S/C6H12.C5H6N2O.CH4O/c1-2-4-6-5-3-1;6-4-2-1-3-7-5(4)8;1-2/h1-6H2;1-3H,6H2,(H,7,8);2H,1H3. The summed E-state index contributed by atoms with van der Waals surface area (Å²) in [5.74, 6) is 0. The lowest BCUT2D eigenvalue weighted by Gasteiger charge is -2.05. The first-order valence-electron chi connectivity index (χ1n) is 5.68. The molecule has 0 spiro atoms. The monoisotopic (exact) mass is 226 g/mol. The van der Waals surface area contributed by atoms with E-state index < -0.39 is 0 Å². The van der Waals surface area contributed by atoms with E-state index in [0.29, 0.717) is 0 Å². The van der Waals surface area contributed by atoms with E-state index in [9.17, 15) is 4.79 Å². The molecule has 1 aliphatic carbocycles. The van der Waals surface area contributed by atoms with Gasteiger partial charge in [0.05, 0.1) is 5.69 Å². The van der Waals surface area contributed by atoms with Crippen molar-refractivity contribution in [3.63, 3.8) is 0 Å². The zero-order valence-corrected chi connectivity index (χ0v) is 9.91. The summed E-state index contributed by atoms with van der Waals surface area (Å²) < 4.78 is 0. The second kappa shape index (κ2) is 10.2. The maximum absolute atomic E-state index is 10.4. The molecule has 0 bridgehead atoms. The first-order valence-corrected chi connectivity index (χ1v) is 5.68. The zero-order valence-electron chi connectivity index (χ0n) is 9.91. The molecule has 0 radical (unpaired) electrons. The molecule has 1 saturated carbocycles. The van der Waals surface area contributed by atoms with E-state index >= 15 is 0 Å². The molecule has 4 nitrogen and oxygen atoms in total. The second-order valence-corrected chi connectivity index (χ2v) is 3.58. The third kappa shape index (κ3) is 7.06. The average Bonchev–Trinajstić information content (AvgIpc) is 2.38. The number of aromatic amines is 1. The molecule has 92 valence electrons. The Balaban J connectivity index is 0.000000251. The number of aliphatic hydroxyl groups excluding tert-OH is 1. The van der Waals surface area contributed by atoms with Gasteiger partial charge in [-0.2, -0.15) is 0 Å². The van der Waals surface area contributed by atoms with Crippen molar-refractivity contribution in [2.45, 2.75) is 38.5 Å². The molecule has 2 rings (SSSR count). The fourth-order valence-electron chi connectivity index (χ4n) is 1.50. The van der Waals surface area contributed by atoms with Crippen LogP contribution in [0, 0.1) is 0 Å². The molecule has 0 atom stereocenters. The van der Waals surface area contributed by atoms with Crippen LogP contribution in [0.2, 0.25) is 0 Å². The Kier molecular flexibility index (Phi) is 9.41. The molecular weight excluding hydrogens is 204 g/mol. The van der Waals surface area contributed by atoms with Gasteiger partial charge in [-0.05, 0) is 12.1 Å². The molecule has 4 heteroatoms. The van der Waals surface area contributed by atoms with E-state index in [1.165, 1.54) is 38.5 Å². The van der Waals surface area contributed by atoms with Crippen molar-refractivity contribution < 1.29 is 5.11 Å². The summed E-state index contributed by atoms with van der Waals surface area (Å²) in [5, 5.41) is 7.00. The van der Waals surface area contributed by atoms with Crippen molar-refractivity contribution >= 4 is 5.69 Å². The molecule has 1 aromatic heterocycles. The first-order chi connectivity index (χ1) is 7.80. The molecule has 1 aliphatic rings. The Hall–Kier alpha value is -1.29. The van der Waals surface area contributed by atoms with Gasteiger partial charge in [0, 0.05) is 13.3 Å². The van der Waals surface area contributed by atoms with Crippen LogP contribution in [0.25, 0.3) is 0 Å². The number of aromatic nitrogens is 1. The molecule has 16 heavy (non-hydrogen) atoms.